The van der Waals surface area contributed by atoms with Gasteiger partial charge in [-0.2, -0.15) is 0 Å². The molecular formula is C82H107FN16O10. The molecule has 0 spiro atoms. The van der Waals surface area contributed by atoms with Crippen molar-refractivity contribution in [2.24, 2.45) is 28.1 Å². The Morgan fingerprint density at radius 3 is 1.84 bits per heavy atom. The van der Waals surface area contributed by atoms with Crippen molar-refractivity contribution in [2.45, 2.75) is 189 Å². The zero-order valence-corrected chi connectivity index (χ0v) is 62.5. The number of aliphatic hydroxyl groups excluding tert-OH is 1. The number of aromatic amines is 2. The number of aliphatic imine (C=N–C) groups is 1. The van der Waals surface area contributed by atoms with Crippen LogP contribution in [-0.4, -0.2) is 191 Å². The van der Waals surface area contributed by atoms with E-state index in [1.54, 1.807) is 66.9 Å². The summed E-state index contributed by atoms with van der Waals surface area (Å²) in [6.07, 6.45) is 5.92. The van der Waals surface area contributed by atoms with E-state index in [1.807, 2.05) is 24.3 Å². The minimum atomic E-state index is -1.69. The second-order valence-electron chi connectivity index (χ2n) is 29.5. The number of ketones is 1. The average Bonchev–Trinajstić information content (AvgIpc) is 1.68. The minimum Gasteiger partial charge on any atom is -0.391 e. The molecule has 27 heteroatoms. The number of aliphatic hydroxyl groups is 1. The second-order valence-corrected chi connectivity index (χ2v) is 29.5. The topological polar surface area (TPSA) is 399 Å². The lowest BCUT2D eigenvalue weighted by Gasteiger charge is -2.45. The Kier molecular flexibility index (Phi) is 29.5. The molecule has 1 aliphatic carbocycles. The fourth-order valence-corrected chi connectivity index (χ4v) is 15.6. The number of amides is 8. The van der Waals surface area contributed by atoms with Gasteiger partial charge in [-0.25, -0.2) is 4.39 Å². The number of aromatic nitrogens is 2. The number of nitrogens with two attached hydrogens (primary N) is 3. The lowest BCUT2D eigenvalue weighted by atomic mass is 9.72. The van der Waals surface area contributed by atoms with E-state index in [9.17, 15) is 28.7 Å². The van der Waals surface area contributed by atoms with E-state index in [0.717, 1.165) is 42.4 Å². The van der Waals surface area contributed by atoms with Crippen molar-refractivity contribution < 1.29 is 52.6 Å². The number of piperidine rings is 1. The molecule has 5 aromatic carbocycles. The third-order valence-corrected chi connectivity index (χ3v) is 21.3. The van der Waals surface area contributed by atoms with Gasteiger partial charge in [0.25, 0.3) is 0 Å². The smallest absolute Gasteiger partial charge is 0.245 e. The number of H-pyrrole nitrogens is 2. The van der Waals surface area contributed by atoms with Gasteiger partial charge >= 0.3 is 0 Å². The van der Waals surface area contributed by atoms with Gasteiger partial charge in [0.2, 0.25) is 47.3 Å². The quantitative estimate of drug-likeness (QED) is 0.0226. The molecule has 7 aromatic rings. The number of unbranched alkanes of at least 4 members (excludes halogenated alkanes) is 1. The van der Waals surface area contributed by atoms with E-state index < -0.39 is 113 Å². The molecule has 4 heterocycles. The predicted octanol–water partition coefficient (Wildman–Crippen LogP) is 4.41. The molecule has 17 N–H and O–H groups in total. The number of carbonyl (C=O) groups excluding carboxylic acids is 9. The molecule has 0 bridgehead atoms. The number of para-hydroxylation sites is 1. The maximum absolute atomic E-state index is 15.4. The van der Waals surface area contributed by atoms with Crippen LogP contribution in [0, 0.1) is 11.7 Å². The number of halogens is 1. The Balaban J connectivity index is 0.974. The standard InChI is InChI=1S/C82H107FN16O10/c1-50(100)74-81(109)93-66(41-54-32-34-58(83)35-33-54)72(102)31-12-6-11-30-70(99(51(2)101)39-19-37-87-46-55-40-61-60-25-17-28-63-73(60)57(48-90-63)45-71(61)98(3)49-55)80(108)92-65(29-18-38-88-82(85)86)75(103)94-67(42-52-20-7-4-8-21-52)77(105)95-68(43-53-22-9-5-10-23-53)78(106)96-69(44-56-47-89-62-26-14-13-24-59(56)62)79(107)91-64(76(104)97-74)27-15-16-36-84/h4-5,7-10,13-14,17,20-26,28,32-35,47-48,50,55,61,64-71,74,87,89-90,100H,6,11-12,15-16,18-19,27,29-31,36-46,49,84H2,1-3H3,(H,91,107)(H,92,108)(H,93,109)(H,94,103)(H,95,105)(H,96,106)(H,97,104)(H4,85,86,88)/t50-,55+,61-,64+,65+,66+,67+,68+,69-,70-,71-,74+/m1/s1. The monoisotopic (exact) mass is 1490 g/mol. The van der Waals surface area contributed by atoms with Gasteiger partial charge in [-0.1, -0.05) is 116 Å². The Morgan fingerprint density at radius 1 is 0.624 bits per heavy atom. The van der Waals surface area contributed by atoms with Gasteiger partial charge in [0.15, 0.2) is 11.7 Å². The number of likely N-dealkylation sites (tertiary alicyclic amines) is 1. The number of rotatable bonds is 24. The number of nitrogens with one attached hydrogen (secondary N) is 10. The van der Waals surface area contributed by atoms with E-state index in [-0.39, 0.29) is 89.8 Å². The number of Topliss-reactive ketones (excluding diaryl/α,β-unsaturated/α-hetero) is 1. The Labute approximate surface area is 635 Å². The number of hydrogen-bond donors (Lipinski definition) is 14. The van der Waals surface area contributed by atoms with Crippen LogP contribution >= 0.6 is 0 Å². The highest BCUT2D eigenvalue weighted by Crippen LogP contribution is 2.44. The summed E-state index contributed by atoms with van der Waals surface area (Å²) in [4.78, 5) is 150. The minimum absolute atomic E-state index is 0.0103. The number of likely N-dealkylation sites (N-methyl/N-ethyl adjacent to an activating group) is 1. The molecule has 10 rings (SSSR count). The first-order chi connectivity index (χ1) is 52.6. The molecule has 582 valence electrons. The van der Waals surface area contributed by atoms with E-state index in [1.165, 1.54) is 59.5 Å². The van der Waals surface area contributed by atoms with Crippen LogP contribution in [0.2, 0.25) is 0 Å². The molecule has 0 saturated carbocycles. The number of benzene rings is 5. The second kappa shape index (κ2) is 39.7. The summed E-state index contributed by atoms with van der Waals surface area (Å²) in [6.45, 7) is 5.24. The third kappa shape index (κ3) is 22.6. The van der Waals surface area contributed by atoms with Crippen molar-refractivity contribution >= 4 is 80.8 Å². The molecule has 12 atom stereocenters. The molecule has 26 nitrogen and oxygen atoms in total. The number of carbonyl (C=O) groups is 9. The Bertz CT molecular complexity index is 4260. The van der Waals surface area contributed by atoms with Gasteiger partial charge in [-0.15, -0.1) is 0 Å². The van der Waals surface area contributed by atoms with Crippen LogP contribution in [0.1, 0.15) is 130 Å². The number of fused-ring (bicyclic) bond motifs is 3. The molecule has 8 amide bonds. The van der Waals surface area contributed by atoms with E-state index in [2.05, 4.69) is 93.8 Å². The lowest BCUT2D eigenvalue weighted by Crippen LogP contribution is -2.62. The molecule has 2 aliphatic heterocycles. The van der Waals surface area contributed by atoms with Crippen LogP contribution in [0.5, 0.6) is 0 Å². The van der Waals surface area contributed by atoms with Crippen LogP contribution in [0.4, 0.5) is 4.39 Å². The fraction of sp³-hybridized carbons (Fsp3) is 0.463. The number of guanidine groups is 1. The molecule has 2 saturated heterocycles. The molecule has 0 radical (unpaired) electrons. The molecule has 109 heavy (non-hydrogen) atoms. The molecule has 2 aromatic heterocycles. The number of hydrogen-bond acceptors (Lipinski definition) is 14. The first-order valence-electron chi connectivity index (χ1n) is 38.3. The maximum Gasteiger partial charge on any atom is 0.245 e. The molecular weight excluding hydrogens is 1390 g/mol. The van der Waals surface area contributed by atoms with E-state index in [0.29, 0.717) is 78.8 Å². The summed E-state index contributed by atoms with van der Waals surface area (Å²) in [5, 5.41) is 37.0. The number of nitrogens with zero attached hydrogens (tertiary/aromatic N) is 3. The maximum atomic E-state index is 15.4. The van der Waals surface area contributed by atoms with E-state index in [4.69, 9.17) is 17.2 Å². The normalized spacial score (nSPS) is 23.7. The fourth-order valence-electron chi connectivity index (χ4n) is 15.6. The predicted molar refractivity (Wildman–Crippen MR) is 416 cm³/mol. The van der Waals surface area contributed by atoms with Gasteiger partial charge < -0.3 is 84.6 Å². The highest BCUT2D eigenvalue weighted by Gasteiger charge is 2.41. The van der Waals surface area contributed by atoms with Crippen molar-refractivity contribution in [3.63, 3.8) is 0 Å². The zero-order chi connectivity index (χ0) is 77.5. The SMILES string of the molecule is CC(=O)N(CCCNC[C@@H]1C[C@@H]2c3cccc4[nH]cc(c34)C[C@H]2N(C)C1)[C@@H]1CCCCCC(=O)[C@H](Cc2ccc(F)cc2)NC(=O)[C@H]([C@@H](C)O)NC(=O)[C@H](CCCCN)NC(=O)[C@@H](Cc2c[nH]c3ccccc23)NC(=O)[C@H](Cc2ccccc2)NC(=O)[C@H](Cc2ccccc2)NC(=O)[C@H](CCCN=C(N)N)NC1=O. The van der Waals surface area contributed by atoms with Crippen molar-refractivity contribution in [3.8, 4) is 0 Å². The lowest BCUT2D eigenvalue weighted by molar-refractivity contribution is -0.141. The third-order valence-electron chi connectivity index (χ3n) is 21.3. The Morgan fingerprint density at radius 2 is 1.19 bits per heavy atom. The first kappa shape index (κ1) is 81.2. The summed E-state index contributed by atoms with van der Waals surface area (Å²) >= 11 is 0. The molecule has 2 fully saturated rings. The average molecular weight is 1500 g/mol. The summed E-state index contributed by atoms with van der Waals surface area (Å²) in [5.41, 5.74) is 24.4. The highest BCUT2D eigenvalue weighted by molar-refractivity contribution is 5.99. The van der Waals surface area contributed by atoms with Gasteiger partial charge in [0.1, 0.15) is 48.1 Å². The van der Waals surface area contributed by atoms with Crippen LogP contribution < -0.4 is 59.7 Å². The zero-order valence-electron chi connectivity index (χ0n) is 62.5. The van der Waals surface area contributed by atoms with Gasteiger partial charge in [0, 0.05) is 98.4 Å². The molecule has 3 aliphatic rings. The summed E-state index contributed by atoms with van der Waals surface area (Å²) < 4.78 is 14.4. The summed E-state index contributed by atoms with van der Waals surface area (Å²) in [5.74, 6) is -6.57. The van der Waals surface area contributed by atoms with Crippen LogP contribution in [0.15, 0.2) is 145 Å². The van der Waals surface area contributed by atoms with Crippen molar-refractivity contribution in [1.82, 2.24) is 62.3 Å². The van der Waals surface area contributed by atoms with Gasteiger partial charge in [-0.05, 0) is 168 Å². The van der Waals surface area contributed by atoms with Crippen LogP contribution in [0.3, 0.4) is 0 Å². The first-order valence-corrected chi connectivity index (χ1v) is 38.3. The summed E-state index contributed by atoms with van der Waals surface area (Å²) in [7, 11) is 2.20. The van der Waals surface area contributed by atoms with Crippen LogP contribution in [-0.2, 0) is 75.3 Å². The van der Waals surface area contributed by atoms with Crippen molar-refractivity contribution in [3.05, 3.63) is 179 Å². The van der Waals surface area contributed by atoms with Gasteiger partial charge in [0.05, 0.1) is 12.1 Å². The van der Waals surface area contributed by atoms with Crippen molar-refractivity contribution in [2.75, 3.05) is 46.3 Å². The van der Waals surface area contributed by atoms with Crippen LogP contribution in [0.25, 0.3) is 21.8 Å². The Hall–Kier alpha value is -10.3. The molecule has 0 unspecified atom stereocenters. The van der Waals surface area contributed by atoms with Gasteiger partial charge in [-0.3, -0.25) is 48.1 Å². The van der Waals surface area contributed by atoms with E-state index >= 15 is 24.0 Å². The highest BCUT2D eigenvalue weighted by atomic mass is 19.1. The summed E-state index contributed by atoms with van der Waals surface area (Å²) in [6, 6.07) is 26.2. The van der Waals surface area contributed by atoms with Crippen molar-refractivity contribution in [1.29, 1.82) is 0 Å². The largest absolute Gasteiger partial charge is 0.391 e.